The van der Waals surface area contributed by atoms with Crippen LogP contribution in [0.4, 0.5) is 0 Å². The van der Waals surface area contributed by atoms with Crippen molar-refractivity contribution < 1.29 is 14.3 Å². The first-order valence-corrected chi connectivity index (χ1v) is 8.56. The van der Waals surface area contributed by atoms with Crippen LogP contribution in [-0.4, -0.2) is 45.0 Å². The van der Waals surface area contributed by atoms with Crippen LogP contribution >= 0.6 is 24.2 Å². The molecule has 0 aliphatic carbocycles. The van der Waals surface area contributed by atoms with E-state index < -0.39 is 0 Å². The Labute approximate surface area is 148 Å². The van der Waals surface area contributed by atoms with Gasteiger partial charge in [-0.1, -0.05) is 0 Å². The average molecular weight is 361 g/mol. The fourth-order valence-corrected chi connectivity index (χ4v) is 3.32. The molecule has 0 bridgehead atoms. The first kappa shape index (κ1) is 19.9. The molecule has 0 saturated carbocycles. The second kappa shape index (κ2) is 10.6. The molecule has 0 unspecified atom stereocenters. The van der Waals surface area contributed by atoms with E-state index in [0.29, 0.717) is 12.2 Å². The minimum absolute atomic E-state index is 0. The van der Waals surface area contributed by atoms with E-state index in [1.54, 1.807) is 26.0 Å². The molecule has 1 aromatic carbocycles. The van der Waals surface area contributed by atoms with Gasteiger partial charge in [-0.3, -0.25) is 4.79 Å². The van der Waals surface area contributed by atoms with Crippen molar-refractivity contribution >= 4 is 30.1 Å². The molecule has 2 N–H and O–H groups in total. The number of hydrogen-bond donors (Lipinski definition) is 2. The summed E-state index contributed by atoms with van der Waals surface area (Å²) in [6.07, 6.45) is 2.72. The van der Waals surface area contributed by atoms with E-state index in [1.165, 1.54) is 0 Å². The summed E-state index contributed by atoms with van der Waals surface area (Å²) in [5.74, 6) is 2.31. The van der Waals surface area contributed by atoms with Crippen LogP contribution < -0.4 is 20.1 Å². The van der Waals surface area contributed by atoms with Crippen molar-refractivity contribution in [2.45, 2.75) is 30.2 Å². The Morgan fingerprint density at radius 3 is 2.78 bits per heavy atom. The van der Waals surface area contributed by atoms with Crippen LogP contribution in [0.3, 0.4) is 0 Å². The number of carbonyl (C=O) groups is 1. The molecule has 1 aliphatic heterocycles. The number of benzene rings is 1. The molecule has 1 atom stereocenters. The molecule has 2 rings (SSSR count). The SMILES string of the molecule is COc1ccc(SCCC(=O)N[C@H]2CCCNC2)cc1OC.Cl. The zero-order chi connectivity index (χ0) is 15.8. The Morgan fingerprint density at radius 2 is 2.13 bits per heavy atom. The molecule has 0 aromatic heterocycles. The van der Waals surface area contributed by atoms with E-state index >= 15 is 0 Å². The molecule has 1 aromatic rings. The first-order valence-electron chi connectivity index (χ1n) is 7.58. The van der Waals surface area contributed by atoms with Crippen molar-refractivity contribution in [2.24, 2.45) is 0 Å². The average Bonchev–Trinajstić information content (AvgIpc) is 2.55. The molecular weight excluding hydrogens is 336 g/mol. The number of piperidine rings is 1. The van der Waals surface area contributed by atoms with Gasteiger partial charge in [-0.15, -0.1) is 24.2 Å². The van der Waals surface area contributed by atoms with Gasteiger partial charge in [0.1, 0.15) is 0 Å². The largest absolute Gasteiger partial charge is 0.493 e. The summed E-state index contributed by atoms with van der Waals surface area (Å²) >= 11 is 1.65. The van der Waals surface area contributed by atoms with Gasteiger partial charge >= 0.3 is 0 Å². The maximum atomic E-state index is 11.9. The van der Waals surface area contributed by atoms with E-state index in [0.717, 1.165) is 42.3 Å². The molecule has 1 fully saturated rings. The number of rotatable bonds is 7. The zero-order valence-corrected chi connectivity index (χ0v) is 15.2. The summed E-state index contributed by atoms with van der Waals surface area (Å²) in [6, 6.07) is 6.09. The lowest BCUT2D eigenvalue weighted by atomic mass is 10.1. The Bertz CT molecular complexity index is 496. The van der Waals surface area contributed by atoms with Crippen LogP contribution in [0.25, 0.3) is 0 Å². The van der Waals surface area contributed by atoms with Crippen molar-refractivity contribution in [3.63, 3.8) is 0 Å². The second-order valence-electron chi connectivity index (χ2n) is 5.23. The predicted octanol–water partition coefficient (Wildman–Crippen LogP) is 2.48. The minimum Gasteiger partial charge on any atom is -0.493 e. The van der Waals surface area contributed by atoms with Crippen LogP contribution in [0, 0.1) is 0 Å². The van der Waals surface area contributed by atoms with Crippen LogP contribution in [0.15, 0.2) is 23.1 Å². The lowest BCUT2D eigenvalue weighted by Crippen LogP contribution is -2.45. The third-order valence-corrected chi connectivity index (χ3v) is 4.61. The lowest BCUT2D eigenvalue weighted by Gasteiger charge is -2.23. The molecule has 5 nitrogen and oxygen atoms in total. The molecule has 1 saturated heterocycles. The molecule has 1 heterocycles. The highest BCUT2D eigenvalue weighted by Gasteiger charge is 2.15. The molecule has 0 spiro atoms. The standard InChI is InChI=1S/C16H24N2O3S.ClH/c1-20-14-6-5-13(10-15(14)21-2)22-9-7-16(19)18-12-4-3-8-17-11-12;/h5-6,10,12,17H,3-4,7-9,11H2,1-2H3,(H,18,19);1H/t12-;/m0./s1. The lowest BCUT2D eigenvalue weighted by molar-refractivity contribution is -0.121. The summed E-state index contributed by atoms with van der Waals surface area (Å²) in [5, 5.41) is 6.39. The molecule has 0 radical (unpaired) electrons. The van der Waals surface area contributed by atoms with Crippen molar-refractivity contribution in [2.75, 3.05) is 33.1 Å². The molecule has 7 heteroatoms. The highest BCUT2D eigenvalue weighted by molar-refractivity contribution is 7.99. The maximum Gasteiger partial charge on any atom is 0.221 e. The van der Waals surface area contributed by atoms with Crippen molar-refractivity contribution in [1.82, 2.24) is 10.6 Å². The summed E-state index contributed by atoms with van der Waals surface area (Å²) < 4.78 is 10.5. The van der Waals surface area contributed by atoms with Gasteiger partial charge in [0, 0.05) is 29.7 Å². The molecule has 23 heavy (non-hydrogen) atoms. The van der Waals surface area contributed by atoms with Gasteiger partial charge in [-0.2, -0.15) is 0 Å². The number of hydrogen-bond acceptors (Lipinski definition) is 5. The highest BCUT2D eigenvalue weighted by atomic mass is 35.5. The van der Waals surface area contributed by atoms with Crippen LogP contribution in [0.1, 0.15) is 19.3 Å². The summed E-state index contributed by atoms with van der Waals surface area (Å²) in [5.41, 5.74) is 0. The van der Waals surface area contributed by atoms with Crippen LogP contribution in [-0.2, 0) is 4.79 Å². The highest BCUT2D eigenvalue weighted by Crippen LogP contribution is 2.31. The van der Waals surface area contributed by atoms with E-state index in [4.69, 9.17) is 9.47 Å². The molecule has 130 valence electrons. The summed E-state index contributed by atoms with van der Waals surface area (Å²) in [6.45, 7) is 1.94. The van der Waals surface area contributed by atoms with Gasteiger partial charge in [-0.05, 0) is 37.6 Å². The van der Waals surface area contributed by atoms with Gasteiger partial charge in [0.05, 0.1) is 14.2 Å². The number of halogens is 1. The summed E-state index contributed by atoms with van der Waals surface area (Å²) in [7, 11) is 3.24. The summed E-state index contributed by atoms with van der Waals surface area (Å²) in [4.78, 5) is 13.0. The number of carbonyl (C=O) groups excluding carboxylic acids is 1. The normalized spacial score (nSPS) is 17.0. The maximum absolute atomic E-state index is 11.9. The smallest absolute Gasteiger partial charge is 0.221 e. The molecule has 1 amide bonds. The Hall–Kier alpha value is -1.11. The minimum atomic E-state index is 0. The second-order valence-corrected chi connectivity index (χ2v) is 6.39. The number of nitrogens with one attached hydrogen (secondary N) is 2. The van der Waals surface area contributed by atoms with Gasteiger partial charge in [0.25, 0.3) is 0 Å². The van der Waals surface area contributed by atoms with Gasteiger partial charge in [0.15, 0.2) is 11.5 Å². The number of ether oxygens (including phenoxy) is 2. The fourth-order valence-electron chi connectivity index (χ4n) is 2.44. The van der Waals surface area contributed by atoms with E-state index in [-0.39, 0.29) is 24.4 Å². The van der Waals surface area contributed by atoms with Crippen LogP contribution in [0.5, 0.6) is 11.5 Å². The Morgan fingerprint density at radius 1 is 1.35 bits per heavy atom. The van der Waals surface area contributed by atoms with E-state index in [9.17, 15) is 4.79 Å². The van der Waals surface area contributed by atoms with Crippen molar-refractivity contribution in [3.05, 3.63) is 18.2 Å². The van der Waals surface area contributed by atoms with E-state index in [2.05, 4.69) is 10.6 Å². The van der Waals surface area contributed by atoms with Gasteiger partial charge in [-0.25, -0.2) is 0 Å². The number of methoxy groups -OCH3 is 2. The number of amides is 1. The zero-order valence-electron chi connectivity index (χ0n) is 13.6. The van der Waals surface area contributed by atoms with Crippen molar-refractivity contribution in [3.8, 4) is 11.5 Å². The fraction of sp³-hybridized carbons (Fsp3) is 0.562. The molecular formula is C16H25ClN2O3S. The topological polar surface area (TPSA) is 59.6 Å². The van der Waals surface area contributed by atoms with Gasteiger partial charge in [0.2, 0.25) is 5.91 Å². The Balaban J connectivity index is 0.00000264. The number of thioether (sulfide) groups is 1. The predicted molar refractivity (Wildman–Crippen MR) is 96.2 cm³/mol. The van der Waals surface area contributed by atoms with Crippen LogP contribution in [0.2, 0.25) is 0 Å². The quantitative estimate of drug-likeness (QED) is 0.731. The van der Waals surface area contributed by atoms with E-state index in [1.807, 2.05) is 18.2 Å². The monoisotopic (exact) mass is 360 g/mol. The Kier molecular flexibility index (Phi) is 9.21. The van der Waals surface area contributed by atoms with Gasteiger partial charge < -0.3 is 20.1 Å². The third kappa shape index (κ3) is 6.49. The van der Waals surface area contributed by atoms with Crippen molar-refractivity contribution in [1.29, 1.82) is 0 Å². The third-order valence-electron chi connectivity index (χ3n) is 3.61. The first-order chi connectivity index (χ1) is 10.7. The molecule has 1 aliphatic rings.